The first kappa shape index (κ1) is 53.4. The third kappa shape index (κ3) is 29.5. The molecular formula is C45H76O12S. The summed E-state index contributed by atoms with van der Waals surface area (Å²) in [6.07, 6.45) is 32.7. The number of unbranched alkanes of at least 4 members (excludes halogenated alkanes) is 13. The van der Waals surface area contributed by atoms with Crippen molar-refractivity contribution < 1.29 is 56.8 Å². The van der Waals surface area contributed by atoms with Crippen LogP contribution in [0.5, 0.6) is 0 Å². The molecule has 1 aliphatic heterocycles. The first-order chi connectivity index (χ1) is 28.0. The smallest absolute Gasteiger partial charge is 0.306 e. The molecule has 0 aromatic heterocycles. The summed E-state index contributed by atoms with van der Waals surface area (Å²) < 4.78 is 53.9. The number of aliphatic hydroxyl groups is 3. The topological polar surface area (TPSA) is 186 Å². The molecule has 0 aromatic carbocycles. The molecule has 0 radical (unpaired) electrons. The second-order valence-electron chi connectivity index (χ2n) is 15.0. The molecule has 1 saturated heterocycles. The van der Waals surface area contributed by atoms with Crippen LogP contribution in [0.4, 0.5) is 0 Å². The molecule has 13 heteroatoms. The van der Waals surface area contributed by atoms with E-state index < -0.39 is 71.2 Å². The van der Waals surface area contributed by atoms with Crippen molar-refractivity contribution in [2.24, 2.45) is 0 Å². The maximum Gasteiger partial charge on any atom is 0.306 e. The zero-order chi connectivity index (χ0) is 42.7. The number of aliphatic hydroxyl groups excluding tert-OH is 3. The number of carbonyl (C=O) groups excluding carboxylic acids is 2. The van der Waals surface area contributed by atoms with Gasteiger partial charge in [-0.2, -0.15) is 8.42 Å². The zero-order valence-electron chi connectivity index (χ0n) is 35.4. The highest BCUT2D eigenvalue weighted by Gasteiger charge is 2.46. The molecular weight excluding hydrogens is 765 g/mol. The average Bonchev–Trinajstić information content (AvgIpc) is 3.18. The van der Waals surface area contributed by atoms with Gasteiger partial charge in [0.25, 0.3) is 10.1 Å². The summed E-state index contributed by atoms with van der Waals surface area (Å²) in [5.41, 5.74) is 0. The van der Waals surface area contributed by atoms with E-state index in [1.165, 1.54) is 38.5 Å². The van der Waals surface area contributed by atoms with E-state index in [9.17, 15) is 37.9 Å². The van der Waals surface area contributed by atoms with Crippen LogP contribution in [0.3, 0.4) is 0 Å². The molecule has 1 heterocycles. The van der Waals surface area contributed by atoms with Crippen LogP contribution in [0.25, 0.3) is 0 Å². The quantitative estimate of drug-likeness (QED) is 0.0207. The van der Waals surface area contributed by atoms with Gasteiger partial charge in [0, 0.05) is 12.8 Å². The SMILES string of the molecule is CC/C=C/C/C=C/C/C=C/CCCCCCCC(=O)OC[C@H](CO[C@H]1O[C@H](CS(=O)(=O)O)[C@@H](O)C(O)C1O)OC(=O)CCCC/C=C/C/C=C/CCCCCCCC. The van der Waals surface area contributed by atoms with Crippen LogP contribution in [0.2, 0.25) is 0 Å². The Balaban J connectivity index is 2.51. The molecule has 1 aliphatic rings. The lowest BCUT2D eigenvalue weighted by Gasteiger charge is -2.40. The summed E-state index contributed by atoms with van der Waals surface area (Å²) >= 11 is 0. The van der Waals surface area contributed by atoms with Crippen LogP contribution >= 0.6 is 0 Å². The maximum absolute atomic E-state index is 12.8. The van der Waals surface area contributed by atoms with E-state index in [1.807, 2.05) is 0 Å². The molecule has 0 aliphatic carbocycles. The molecule has 1 fully saturated rings. The Morgan fingerprint density at radius 1 is 0.603 bits per heavy atom. The predicted molar refractivity (Wildman–Crippen MR) is 229 cm³/mol. The van der Waals surface area contributed by atoms with Crippen LogP contribution in [0.15, 0.2) is 60.8 Å². The van der Waals surface area contributed by atoms with Crippen molar-refractivity contribution in [2.75, 3.05) is 19.0 Å². The Morgan fingerprint density at radius 3 is 1.66 bits per heavy atom. The van der Waals surface area contributed by atoms with E-state index in [4.69, 9.17) is 18.9 Å². The lowest BCUT2D eigenvalue weighted by molar-refractivity contribution is -0.297. The van der Waals surface area contributed by atoms with Crippen LogP contribution < -0.4 is 0 Å². The number of rotatable bonds is 35. The second kappa shape index (κ2) is 35.1. The summed E-state index contributed by atoms with van der Waals surface area (Å²) in [6, 6.07) is 0. The van der Waals surface area contributed by atoms with Crippen molar-refractivity contribution in [3.63, 3.8) is 0 Å². The molecule has 0 bridgehead atoms. The highest BCUT2D eigenvalue weighted by atomic mass is 32.2. The minimum atomic E-state index is -4.61. The first-order valence-electron chi connectivity index (χ1n) is 21.8. The monoisotopic (exact) mass is 841 g/mol. The average molecular weight is 841 g/mol. The number of hydrogen-bond donors (Lipinski definition) is 4. The van der Waals surface area contributed by atoms with Gasteiger partial charge in [0.15, 0.2) is 12.4 Å². The van der Waals surface area contributed by atoms with Gasteiger partial charge in [-0.3, -0.25) is 14.1 Å². The van der Waals surface area contributed by atoms with Crippen molar-refractivity contribution in [1.29, 1.82) is 0 Å². The highest BCUT2D eigenvalue weighted by Crippen LogP contribution is 2.24. The number of hydrogen-bond acceptors (Lipinski definition) is 11. The van der Waals surface area contributed by atoms with Crippen LogP contribution in [-0.2, 0) is 38.7 Å². The van der Waals surface area contributed by atoms with E-state index in [-0.39, 0.29) is 19.4 Å². The largest absolute Gasteiger partial charge is 0.462 e. The molecule has 334 valence electrons. The van der Waals surface area contributed by atoms with Gasteiger partial charge in [-0.05, 0) is 77.0 Å². The molecule has 2 unspecified atom stereocenters. The molecule has 1 rings (SSSR count). The molecule has 0 spiro atoms. The maximum atomic E-state index is 12.8. The fraction of sp³-hybridized carbons (Fsp3) is 0.733. The van der Waals surface area contributed by atoms with Crippen molar-refractivity contribution in [3.8, 4) is 0 Å². The van der Waals surface area contributed by atoms with Gasteiger partial charge in [0.05, 0.1) is 6.61 Å². The van der Waals surface area contributed by atoms with E-state index in [2.05, 4.69) is 74.6 Å². The molecule has 6 atom stereocenters. The number of esters is 2. The number of allylic oxidation sites excluding steroid dienone is 10. The minimum Gasteiger partial charge on any atom is -0.462 e. The van der Waals surface area contributed by atoms with Gasteiger partial charge in [0.1, 0.15) is 36.8 Å². The van der Waals surface area contributed by atoms with Gasteiger partial charge in [-0.25, -0.2) is 0 Å². The first-order valence-corrected chi connectivity index (χ1v) is 23.5. The Kier molecular flexibility index (Phi) is 32.3. The molecule has 58 heavy (non-hydrogen) atoms. The summed E-state index contributed by atoms with van der Waals surface area (Å²) in [6.45, 7) is 3.58. The molecule has 0 aromatic rings. The fourth-order valence-electron chi connectivity index (χ4n) is 6.19. The van der Waals surface area contributed by atoms with Crippen LogP contribution in [0.1, 0.15) is 155 Å². The van der Waals surface area contributed by atoms with Crippen molar-refractivity contribution in [1.82, 2.24) is 0 Å². The van der Waals surface area contributed by atoms with Crippen LogP contribution in [-0.4, -0.2) is 96.0 Å². The summed E-state index contributed by atoms with van der Waals surface area (Å²) in [4.78, 5) is 25.3. The number of ether oxygens (including phenoxy) is 4. The Bertz CT molecular complexity index is 1310. The standard InChI is InChI=1S/C45H76O12S/c1-3-5-7-9-11-13-15-17-19-21-23-25-27-29-31-33-40(46)54-35-38(36-55-45-44(50)43(49)42(48)39(57-45)37-58(51,52)53)56-41(47)34-32-30-28-26-24-22-20-18-16-14-12-10-8-6-4-2/h5,7,11,13,17-20,24,26,38-39,42-45,48-50H,3-4,6,8-10,12,14-16,21-23,25,27-37H2,1-2H3,(H,51,52,53)/b7-5+,13-11+,19-17+,20-18+,26-24+/t38-,39-,42-,43?,44?,45+/m1/s1. The van der Waals surface area contributed by atoms with Gasteiger partial charge in [-0.15, -0.1) is 0 Å². The normalized spacial score (nSPS) is 21.0. The van der Waals surface area contributed by atoms with E-state index in [0.29, 0.717) is 12.8 Å². The Morgan fingerprint density at radius 2 is 1.09 bits per heavy atom. The third-order valence-electron chi connectivity index (χ3n) is 9.58. The summed E-state index contributed by atoms with van der Waals surface area (Å²) in [5, 5.41) is 30.8. The van der Waals surface area contributed by atoms with Crippen molar-refractivity contribution >= 4 is 22.1 Å². The predicted octanol–water partition coefficient (Wildman–Crippen LogP) is 8.56. The van der Waals surface area contributed by atoms with Crippen LogP contribution in [0, 0.1) is 0 Å². The molecule has 0 saturated carbocycles. The van der Waals surface area contributed by atoms with Gasteiger partial charge < -0.3 is 34.3 Å². The lowest BCUT2D eigenvalue weighted by Crippen LogP contribution is -2.60. The highest BCUT2D eigenvalue weighted by molar-refractivity contribution is 7.85. The Labute approximate surface area is 349 Å². The van der Waals surface area contributed by atoms with Gasteiger partial charge in [-0.1, -0.05) is 126 Å². The second-order valence-corrected chi connectivity index (χ2v) is 16.5. The molecule has 0 amide bonds. The fourth-order valence-corrected chi connectivity index (χ4v) is 6.88. The molecule has 12 nitrogen and oxygen atoms in total. The minimum absolute atomic E-state index is 0.115. The van der Waals surface area contributed by atoms with E-state index in [1.54, 1.807) is 0 Å². The third-order valence-corrected chi connectivity index (χ3v) is 10.3. The van der Waals surface area contributed by atoms with Crippen molar-refractivity contribution in [2.45, 2.75) is 192 Å². The van der Waals surface area contributed by atoms with E-state index in [0.717, 1.165) is 77.0 Å². The van der Waals surface area contributed by atoms with Gasteiger partial charge in [0.2, 0.25) is 0 Å². The summed E-state index contributed by atoms with van der Waals surface area (Å²) in [7, 11) is -4.61. The Hall–Kier alpha value is -2.65. The molecule has 4 N–H and O–H groups in total. The zero-order valence-corrected chi connectivity index (χ0v) is 36.2. The van der Waals surface area contributed by atoms with E-state index >= 15 is 0 Å². The van der Waals surface area contributed by atoms with Gasteiger partial charge >= 0.3 is 11.9 Å². The number of carbonyl (C=O) groups is 2. The lowest BCUT2D eigenvalue weighted by atomic mass is 10.00. The summed E-state index contributed by atoms with van der Waals surface area (Å²) in [5.74, 6) is -2.06. The van der Waals surface area contributed by atoms with Crippen molar-refractivity contribution in [3.05, 3.63) is 60.8 Å².